The van der Waals surface area contributed by atoms with Gasteiger partial charge in [-0.2, -0.15) is 4.31 Å². The Bertz CT molecular complexity index is 536. The van der Waals surface area contributed by atoms with Crippen molar-refractivity contribution in [2.75, 3.05) is 13.1 Å². The molecule has 1 aliphatic heterocycles. The zero-order chi connectivity index (χ0) is 13.5. The van der Waals surface area contributed by atoms with Crippen molar-refractivity contribution in [2.24, 2.45) is 11.7 Å². The summed E-state index contributed by atoms with van der Waals surface area (Å²) < 4.78 is 26.9. The Balaban J connectivity index is 2.35. The lowest BCUT2D eigenvalue weighted by Crippen LogP contribution is -2.34. The predicted molar refractivity (Wildman–Crippen MR) is 74.3 cm³/mol. The minimum absolute atomic E-state index is 0.0446. The van der Waals surface area contributed by atoms with Gasteiger partial charge < -0.3 is 5.73 Å². The first-order valence-electron chi connectivity index (χ1n) is 6.15. The third-order valence-electron chi connectivity index (χ3n) is 3.52. The van der Waals surface area contributed by atoms with E-state index in [1.807, 2.05) is 20.8 Å². The van der Waals surface area contributed by atoms with E-state index >= 15 is 0 Å². The lowest BCUT2D eigenvalue weighted by atomic mass is 10.1. The average molecular weight is 288 g/mol. The Morgan fingerprint density at radius 2 is 2.17 bits per heavy atom. The van der Waals surface area contributed by atoms with E-state index in [4.69, 9.17) is 5.73 Å². The third-order valence-corrected chi connectivity index (χ3v) is 6.72. The standard InChI is InChI=1S/C12H20N2O2S2/c1-8-4-11(6-13)7-14(8)18(15,16)12-5-9(2)17-10(12)3/h5,8,11H,4,6-7,13H2,1-3H3. The fourth-order valence-electron chi connectivity index (χ4n) is 2.60. The van der Waals surface area contributed by atoms with Gasteiger partial charge in [0.05, 0.1) is 4.90 Å². The Hall–Kier alpha value is -0.430. The molecule has 6 heteroatoms. The second kappa shape index (κ2) is 4.92. The van der Waals surface area contributed by atoms with Crippen molar-refractivity contribution in [3.8, 4) is 0 Å². The minimum Gasteiger partial charge on any atom is -0.330 e. The number of thiophene rings is 1. The van der Waals surface area contributed by atoms with E-state index in [-0.39, 0.29) is 12.0 Å². The number of hydrogen-bond donors (Lipinski definition) is 1. The molecule has 4 nitrogen and oxygen atoms in total. The SMILES string of the molecule is Cc1cc(S(=O)(=O)N2CC(CN)CC2C)c(C)s1. The summed E-state index contributed by atoms with van der Waals surface area (Å²) in [5, 5.41) is 0. The average Bonchev–Trinajstić information content (AvgIpc) is 2.82. The highest BCUT2D eigenvalue weighted by Crippen LogP contribution is 2.33. The molecule has 1 aliphatic rings. The van der Waals surface area contributed by atoms with Gasteiger partial charge in [-0.1, -0.05) is 0 Å². The van der Waals surface area contributed by atoms with Crippen LogP contribution < -0.4 is 5.73 Å². The molecule has 18 heavy (non-hydrogen) atoms. The highest BCUT2D eigenvalue weighted by Gasteiger charge is 2.38. The summed E-state index contributed by atoms with van der Waals surface area (Å²) >= 11 is 1.53. The highest BCUT2D eigenvalue weighted by atomic mass is 32.2. The summed E-state index contributed by atoms with van der Waals surface area (Å²) in [5.41, 5.74) is 5.65. The van der Waals surface area contributed by atoms with E-state index in [2.05, 4.69) is 0 Å². The molecular weight excluding hydrogens is 268 g/mol. The molecule has 1 aromatic heterocycles. The Morgan fingerprint density at radius 1 is 1.50 bits per heavy atom. The smallest absolute Gasteiger partial charge is 0.244 e. The first kappa shape index (κ1) is 14.0. The van der Waals surface area contributed by atoms with Gasteiger partial charge in [-0.3, -0.25) is 0 Å². The van der Waals surface area contributed by atoms with Gasteiger partial charge >= 0.3 is 0 Å². The summed E-state index contributed by atoms with van der Waals surface area (Å²) in [6.45, 7) is 6.87. The highest BCUT2D eigenvalue weighted by molar-refractivity contribution is 7.89. The van der Waals surface area contributed by atoms with Gasteiger partial charge in [0.2, 0.25) is 10.0 Å². The monoisotopic (exact) mass is 288 g/mol. The Kier molecular flexibility index (Phi) is 3.82. The normalized spacial score (nSPS) is 25.8. The molecule has 2 atom stereocenters. The molecule has 0 aromatic carbocycles. The number of rotatable bonds is 3. The first-order chi connectivity index (χ1) is 8.36. The van der Waals surface area contributed by atoms with Crippen LogP contribution in [0.15, 0.2) is 11.0 Å². The lowest BCUT2D eigenvalue weighted by Gasteiger charge is -2.20. The molecule has 0 radical (unpaired) electrons. The summed E-state index contributed by atoms with van der Waals surface area (Å²) in [7, 11) is -3.35. The molecular formula is C12H20N2O2S2. The van der Waals surface area contributed by atoms with Gasteiger partial charge in [-0.25, -0.2) is 8.42 Å². The van der Waals surface area contributed by atoms with Crippen LogP contribution in [0.2, 0.25) is 0 Å². The molecule has 2 unspecified atom stereocenters. The van der Waals surface area contributed by atoms with Gasteiger partial charge in [0.1, 0.15) is 0 Å². The van der Waals surface area contributed by atoms with Gasteiger partial charge in [0.25, 0.3) is 0 Å². The van der Waals surface area contributed by atoms with Crippen molar-refractivity contribution in [3.63, 3.8) is 0 Å². The quantitative estimate of drug-likeness (QED) is 0.921. The van der Waals surface area contributed by atoms with Gasteiger partial charge in [-0.05, 0) is 45.7 Å². The van der Waals surface area contributed by atoms with Crippen LogP contribution in [0.5, 0.6) is 0 Å². The van der Waals surface area contributed by atoms with Crippen LogP contribution in [-0.2, 0) is 10.0 Å². The molecule has 0 bridgehead atoms. The fraction of sp³-hybridized carbons (Fsp3) is 0.667. The Labute approximate surface area is 113 Å². The Morgan fingerprint density at radius 3 is 2.61 bits per heavy atom. The maximum Gasteiger partial charge on any atom is 0.244 e. The number of hydrogen-bond acceptors (Lipinski definition) is 4. The first-order valence-corrected chi connectivity index (χ1v) is 8.41. The van der Waals surface area contributed by atoms with Gasteiger partial charge in [0, 0.05) is 22.3 Å². The molecule has 2 rings (SSSR count). The zero-order valence-electron chi connectivity index (χ0n) is 11.0. The zero-order valence-corrected chi connectivity index (χ0v) is 12.6. The molecule has 0 aliphatic carbocycles. The van der Waals surface area contributed by atoms with Crippen molar-refractivity contribution < 1.29 is 8.42 Å². The summed E-state index contributed by atoms with van der Waals surface area (Å²) in [5.74, 6) is 0.287. The van der Waals surface area contributed by atoms with Gasteiger partial charge in [-0.15, -0.1) is 11.3 Å². The van der Waals surface area contributed by atoms with E-state index in [1.165, 1.54) is 11.3 Å². The van der Waals surface area contributed by atoms with E-state index in [0.29, 0.717) is 18.0 Å². The molecule has 102 valence electrons. The molecule has 0 spiro atoms. The summed E-state index contributed by atoms with van der Waals surface area (Å²) in [6.07, 6.45) is 0.859. The van der Waals surface area contributed by atoms with E-state index < -0.39 is 10.0 Å². The van der Waals surface area contributed by atoms with Crippen LogP contribution in [0.4, 0.5) is 0 Å². The third kappa shape index (κ3) is 2.34. The fourth-order valence-corrected chi connectivity index (χ4v) is 5.85. The maximum absolute atomic E-state index is 12.6. The predicted octanol–water partition coefficient (Wildman–Crippen LogP) is 1.72. The van der Waals surface area contributed by atoms with Crippen LogP contribution in [0.3, 0.4) is 0 Å². The van der Waals surface area contributed by atoms with Crippen LogP contribution >= 0.6 is 11.3 Å². The largest absolute Gasteiger partial charge is 0.330 e. The molecule has 2 heterocycles. The second-order valence-electron chi connectivity index (χ2n) is 5.04. The number of nitrogens with zero attached hydrogens (tertiary/aromatic N) is 1. The summed E-state index contributed by atoms with van der Waals surface area (Å²) in [4.78, 5) is 2.37. The van der Waals surface area contributed by atoms with Crippen molar-refractivity contribution in [3.05, 3.63) is 15.8 Å². The van der Waals surface area contributed by atoms with Crippen LogP contribution in [0.1, 0.15) is 23.1 Å². The van der Waals surface area contributed by atoms with Crippen molar-refractivity contribution in [2.45, 2.75) is 38.1 Å². The molecule has 0 saturated carbocycles. The molecule has 2 N–H and O–H groups in total. The van der Waals surface area contributed by atoms with E-state index in [1.54, 1.807) is 10.4 Å². The number of sulfonamides is 1. The minimum atomic E-state index is -3.35. The molecule has 1 saturated heterocycles. The molecule has 1 aromatic rings. The van der Waals surface area contributed by atoms with Crippen LogP contribution in [0.25, 0.3) is 0 Å². The maximum atomic E-state index is 12.6. The van der Waals surface area contributed by atoms with Crippen molar-refractivity contribution >= 4 is 21.4 Å². The van der Waals surface area contributed by atoms with E-state index in [9.17, 15) is 8.42 Å². The van der Waals surface area contributed by atoms with Crippen molar-refractivity contribution in [1.29, 1.82) is 0 Å². The van der Waals surface area contributed by atoms with E-state index in [0.717, 1.165) is 16.2 Å². The van der Waals surface area contributed by atoms with Crippen molar-refractivity contribution in [1.82, 2.24) is 4.31 Å². The number of aryl methyl sites for hydroxylation is 2. The van der Waals surface area contributed by atoms with Crippen LogP contribution in [0, 0.1) is 19.8 Å². The van der Waals surface area contributed by atoms with Crippen LogP contribution in [-0.4, -0.2) is 31.9 Å². The summed E-state index contributed by atoms with van der Waals surface area (Å²) in [6, 6.07) is 1.82. The lowest BCUT2D eigenvalue weighted by molar-refractivity contribution is 0.404. The van der Waals surface area contributed by atoms with Gasteiger partial charge in [0.15, 0.2) is 0 Å². The molecule has 1 fully saturated rings. The molecule has 0 amide bonds. The number of nitrogens with two attached hydrogens (primary N) is 1. The topological polar surface area (TPSA) is 63.4 Å². The second-order valence-corrected chi connectivity index (χ2v) is 8.36.